The van der Waals surface area contributed by atoms with Crippen molar-refractivity contribution >= 4 is 5.91 Å². The largest absolute Gasteiger partial charge is 0.348 e. The molecule has 3 N–H and O–H groups in total. The number of amides is 1. The Kier molecular flexibility index (Phi) is 2.92. The lowest BCUT2D eigenvalue weighted by Crippen LogP contribution is -2.58. The molecule has 0 radical (unpaired) electrons. The van der Waals surface area contributed by atoms with E-state index in [0.717, 1.165) is 24.8 Å². The van der Waals surface area contributed by atoms with E-state index in [2.05, 4.69) is 10.3 Å². The smallest absolute Gasteiger partial charge is 0.240 e. The highest BCUT2D eigenvalue weighted by molar-refractivity contribution is 5.87. The van der Waals surface area contributed by atoms with Crippen LogP contribution in [-0.4, -0.2) is 16.4 Å². The fraction of sp³-hybridized carbons (Fsp3) is 0.500. The van der Waals surface area contributed by atoms with Gasteiger partial charge in [0.05, 0.1) is 11.6 Å². The minimum Gasteiger partial charge on any atom is -0.348 e. The first-order chi connectivity index (χ1) is 7.62. The number of pyridine rings is 1. The molecule has 1 unspecified atom stereocenters. The van der Waals surface area contributed by atoms with Crippen molar-refractivity contribution in [3.8, 4) is 0 Å². The number of carbonyl (C=O) groups excluding carboxylic acids is 1. The summed E-state index contributed by atoms with van der Waals surface area (Å²) in [6, 6.07) is 3.78. The van der Waals surface area contributed by atoms with Gasteiger partial charge in [0.25, 0.3) is 0 Å². The number of nitrogens with two attached hydrogens (primary N) is 1. The quantitative estimate of drug-likeness (QED) is 0.801. The predicted molar refractivity (Wildman–Crippen MR) is 61.6 cm³/mol. The number of hydrogen-bond acceptors (Lipinski definition) is 3. The van der Waals surface area contributed by atoms with E-state index in [1.54, 1.807) is 12.4 Å². The second kappa shape index (κ2) is 4.22. The molecule has 0 aromatic carbocycles. The SMILES string of the molecule is CC(NC(=O)C1(N)CCC1)c1ccncc1. The molecule has 16 heavy (non-hydrogen) atoms. The van der Waals surface area contributed by atoms with Crippen LogP contribution in [0, 0.1) is 0 Å². The summed E-state index contributed by atoms with van der Waals surface area (Å²) in [5.74, 6) is -0.0388. The fourth-order valence-corrected chi connectivity index (χ4v) is 1.86. The first-order valence-corrected chi connectivity index (χ1v) is 5.62. The Morgan fingerprint density at radius 1 is 1.50 bits per heavy atom. The molecular weight excluding hydrogens is 202 g/mol. The van der Waals surface area contributed by atoms with Gasteiger partial charge in [-0.15, -0.1) is 0 Å². The van der Waals surface area contributed by atoms with Gasteiger partial charge in [-0.05, 0) is 43.9 Å². The van der Waals surface area contributed by atoms with Gasteiger partial charge in [0.2, 0.25) is 5.91 Å². The van der Waals surface area contributed by atoms with E-state index in [1.165, 1.54) is 0 Å². The molecule has 1 aliphatic carbocycles. The number of aromatic nitrogens is 1. The van der Waals surface area contributed by atoms with Gasteiger partial charge in [-0.3, -0.25) is 9.78 Å². The number of nitrogens with one attached hydrogen (secondary N) is 1. The van der Waals surface area contributed by atoms with Crippen LogP contribution in [0.1, 0.15) is 37.8 Å². The number of hydrogen-bond donors (Lipinski definition) is 2. The second-order valence-electron chi connectivity index (χ2n) is 4.49. The summed E-state index contributed by atoms with van der Waals surface area (Å²) in [5, 5.41) is 2.95. The van der Waals surface area contributed by atoms with Crippen LogP contribution in [-0.2, 0) is 4.79 Å². The highest BCUT2D eigenvalue weighted by Crippen LogP contribution is 2.29. The van der Waals surface area contributed by atoms with E-state index in [4.69, 9.17) is 5.73 Å². The molecule has 0 saturated heterocycles. The fourth-order valence-electron chi connectivity index (χ4n) is 1.86. The summed E-state index contributed by atoms with van der Waals surface area (Å²) in [4.78, 5) is 15.8. The average Bonchev–Trinajstić information content (AvgIpc) is 2.27. The lowest BCUT2D eigenvalue weighted by molar-refractivity contribution is -0.129. The summed E-state index contributed by atoms with van der Waals surface area (Å²) in [6.45, 7) is 1.95. The third kappa shape index (κ3) is 2.07. The predicted octanol–water partition coefficient (Wildman–Crippen LogP) is 1.14. The number of nitrogens with zero attached hydrogens (tertiary/aromatic N) is 1. The molecule has 0 bridgehead atoms. The Morgan fingerprint density at radius 3 is 2.62 bits per heavy atom. The third-order valence-corrected chi connectivity index (χ3v) is 3.25. The van der Waals surface area contributed by atoms with E-state index < -0.39 is 5.54 Å². The van der Waals surface area contributed by atoms with Crippen LogP contribution >= 0.6 is 0 Å². The van der Waals surface area contributed by atoms with Crippen molar-refractivity contribution in [2.24, 2.45) is 5.73 Å². The molecule has 1 heterocycles. The third-order valence-electron chi connectivity index (χ3n) is 3.25. The van der Waals surface area contributed by atoms with Gasteiger partial charge in [0.1, 0.15) is 0 Å². The van der Waals surface area contributed by atoms with Crippen molar-refractivity contribution in [1.82, 2.24) is 10.3 Å². The van der Waals surface area contributed by atoms with Gasteiger partial charge < -0.3 is 11.1 Å². The molecule has 4 nitrogen and oxygen atoms in total. The van der Waals surface area contributed by atoms with Gasteiger partial charge in [0.15, 0.2) is 0 Å². The maximum atomic E-state index is 11.9. The lowest BCUT2D eigenvalue weighted by Gasteiger charge is -2.37. The maximum absolute atomic E-state index is 11.9. The van der Waals surface area contributed by atoms with Crippen molar-refractivity contribution < 1.29 is 4.79 Å². The Morgan fingerprint density at radius 2 is 2.12 bits per heavy atom. The molecule has 1 atom stereocenters. The van der Waals surface area contributed by atoms with Gasteiger partial charge >= 0.3 is 0 Å². The summed E-state index contributed by atoms with van der Waals surface area (Å²) < 4.78 is 0. The number of carbonyl (C=O) groups is 1. The molecule has 4 heteroatoms. The summed E-state index contributed by atoms with van der Waals surface area (Å²) in [6.07, 6.45) is 6.08. The van der Waals surface area contributed by atoms with E-state index in [1.807, 2.05) is 19.1 Å². The number of rotatable bonds is 3. The zero-order valence-corrected chi connectivity index (χ0v) is 9.44. The summed E-state index contributed by atoms with van der Waals surface area (Å²) in [7, 11) is 0. The van der Waals surface area contributed by atoms with Crippen molar-refractivity contribution in [3.63, 3.8) is 0 Å². The van der Waals surface area contributed by atoms with Crippen LogP contribution in [0.4, 0.5) is 0 Å². The van der Waals surface area contributed by atoms with Crippen LogP contribution in [0.15, 0.2) is 24.5 Å². The summed E-state index contributed by atoms with van der Waals surface area (Å²) in [5.41, 5.74) is 6.37. The Labute approximate surface area is 95.3 Å². The monoisotopic (exact) mass is 219 g/mol. The first kappa shape index (κ1) is 11.1. The highest BCUT2D eigenvalue weighted by Gasteiger charge is 2.40. The minimum atomic E-state index is -0.624. The van der Waals surface area contributed by atoms with Gasteiger partial charge in [-0.1, -0.05) is 0 Å². The van der Waals surface area contributed by atoms with E-state index in [9.17, 15) is 4.79 Å². The molecule has 1 saturated carbocycles. The van der Waals surface area contributed by atoms with E-state index in [-0.39, 0.29) is 11.9 Å². The Bertz CT molecular complexity index is 373. The standard InChI is InChI=1S/C12H17N3O/c1-9(10-3-7-14-8-4-10)15-11(16)12(13)5-2-6-12/h3-4,7-9H,2,5-6,13H2,1H3,(H,15,16). The summed E-state index contributed by atoms with van der Waals surface area (Å²) >= 11 is 0. The normalized spacial score (nSPS) is 19.6. The topological polar surface area (TPSA) is 68.0 Å². The van der Waals surface area contributed by atoms with Crippen LogP contribution in [0.25, 0.3) is 0 Å². The lowest BCUT2D eigenvalue weighted by atomic mass is 9.77. The molecule has 0 aliphatic heterocycles. The molecule has 1 aromatic heterocycles. The molecule has 2 rings (SSSR count). The van der Waals surface area contributed by atoms with Gasteiger partial charge in [0, 0.05) is 12.4 Å². The molecule has 1 aliphatic rings. The average molecular weight is 219 g/mol. The zero-order valence-electron chi connectivity index (χ0n) is 9.44. The molecule has 86 valence electrons. The molecular formula is C12H17N3O. The van der Waals surface area contributed by atoms with Crippen LogP contribution in [0.2, 0.25) is 0 Å². The molecule has 0 spiro atoms. The van der Waals surface area contributed by atoms with Crippen molar-refractivity contribution in [2.45, 2.75) is 37.8 Å². The van der Waals surface area contributed by atoms with E-state index >= 15 is 0 Å². The van der Waals surface area contributed by atoms with Crippen LogP contribution < -0.4 is 11.1 Å². The van der Waals surface area contributed by atoms with Crippen LogP contribution in [0.3, 0.4) is 0 Å². The van der Waals surface area contributed by atoms with Crippen molar-refractivity contribution in [3.05, 3.63) is 30.1 Å². The Balaban J connectivity index is 1.97. The van der Waals surface area contributed by atoms with Crippen molar-refractivity contribution in [1.29, 1.82) is 0 Å². The minimum absolute atomic E-state index is 0.0171. The van der Waals surface area contributed by atoms with E-state index in [0.29, 0.717) is 0 Å². The van der Waals surface area contributed by atoms with Crippen molar-refractivity contribution in [2.75, 3.05) is 0 Å². The maximum Gasteiger partial charge on any atom is 0.240 e. The van der Waals surface area contributed by atoms with Gasteiger partial charge in [-0.25, -0.2) is 0 Å². The molecule has 1 amide bonds. The Hall–Kier alpha value is -1.42. The molecule has 1 aromatic rings. The highest BCUT2D eigenvalue weighted by atomic mass is 16.2. The van der Waals surface area contributed by atoms with Gasteiger partial charge in [-0.2, -0.15) is 0 Å². The molecule has 1 fully saturated rings. The van der Waals surface area contributed by atoms with Crippen LogP contribution in [0.5, 0.6) is 0 Å². The zero-order chi connectivity index (χ0) is 11.6. The second-order valence-corrected chi connectivity index (χ2v) is 4.49. The first-order valence-electron chi connectivity index (χ1n) is 5.62.